The average molecular weight is 340 g/mol. The van der Waals surface area contributed by atoms with Crippen LogP contribution in [0.2, 0.25) is 0 Å². The van der Waals surface area contributed by atoms with Crippen molar-refractivity contribution in [2.75, 3.05) is 12.4 Å². The Labute approximate surface area is 146 Å². The Hall–Kier alpha value is -3.15. The minimum Gasteiger partial charge on any atom is -0.465 e. The van der Waals surface area contributed by atoms with Gasteiger partial charge >= 0.3 is 5.97 Å². The number of benzene rings is 2. The lowest BCUT2D eigenvalue weighted by Crippen LogP contribution is -2.19. The zero-order valence-electron chi connectivity index (χ0n) is 14.4. The summed E-state index contributed by atoms with van der Waals surface area (Å²) in [6.45, 7) is 3.61. The highest BCUT2D eigenvalue weighted by molar-refractivity contribution is 6.05. The summed E-state index contributed by atoms with van der Waals surface area (Å²) in [5.41, 5.74) is 2.98. The maximum absolute atomic E-state index is 12.4. The van der Waals surface area contributed by atoms with Crippen molar-refractivity contribution >= 4 is 23.5 Å². The largest absolute Gasteiger partial charge is 0.465 e. The summed E-state index contributed by atoms with van der Waals surface area (Å²) in [6, 6.07) is 12.0. The molecule has 130 valence electrons. The molecule has 0 saturated carbocycles. The van der Waals surface area contributed by atoms with E-state index in [0.29, 0.717) is 28.9 Å². The Balaban J connectivity index is 2.12. The van der Waals surface area contributed by atoms with Gasteiger partial charge in [0.1, 0.15) is 0 Å². The molecule has 0 spiro atoms. The summed E-state index contributed by atoms with van der Waals surface area (Å²) in [7, 11) is 1.32. The first kappa shape index (κ1) is 18.2. The van der Waals surface area contributed by atoms with Crippen LogP contribution in [0.1, 0.15) is 38.8 Å². The molecule has 2 aromatic rings. The van der Waals surface area contributed by atoms with Crippen LogP contribution in [0.15, 0.2) is 42.5 Å². The van der Waals surface area contributed by atoms with E-state index in [-0.39, 0.29) is 11.8 Å². The number of carbonyl (C=O) groups excluding carboxylic acids is 3. The first-order chi connectivity index (χ1) is 11.9. The number of esters is 1. The summed E-state index contributed by atoms with van der Waals surface area (Å²) in [5.74, 6) is -0.838. The van der Waals surface area contributed by atoms with E-state index in [4.69, 9.17) is 4.74 Å². The zero-order chi connectivity index (χ0) is 18.4. The normalized spacial score (nSPS) is 10.0. The molecule has 2 N–H and O–H groups in total. The van der Waals surface area contributed by atoms with Crippen LogP contribution in [0.3, 0.4) is 0 Å². The van der Waals surface area contributed by atoms with Crippen molar-refractivity contribution in [2.24, 2.45) is 0 Å². The van der Waals surface area contributed by atoms with E-state index < -0.39 is 5.97 Å². The second kappa shape index (κ2) is 8.10. The topological polar surface area (TPSA) is 84.5 Å². The smallest absolute Gasteiger partial charge is 0.338 e. The summed E-state index contributed by atoms with van der Waals surface area (Å²) < 4.78 is 4.73. The number of anilines is 1. The number of carbonyl (C=O) groups is 3. The third kappa shape index (κ3) is 4.67. The van der Waals surface area contributed by atoms with Crippen molar-refractivity contribution < 1.29 is 19.1 Å². The minimum atomic E-state index is -0.448. The van der Waals surface area contributed by atoms with Crippen molar-refractivity contribution in [2.45, 2.75) is 20.4 Å². The predicted molar refractivity (Wildman–Crippen MR) is 94.4 cm³/mol. The molecule has 0 aliphatic carbocycles. The second-order valence-corrected chi connectivity index (χ2v) is 5.53. The molecule has 0 atom stereocenters. The maximum Gasteiger partial charge on any atom is 0.338 e. The number of methoxy groups -OCH3 is 1. The molecule has 0 bridgehead atoms. The lowest BCUT2D eigenvalue weighted by Gasteiger charge is -2.11. The van der Waals surface area contributed by atoms with E-state index in [9.17, 15) is 14.4 Å². The monoisotopic (exact) mass is 340 g/mol. The average Bonchev–Trinajstić information content (AvgIpc) is 2.61. The summed E-state index contributed by atoms with van der Waals surface area (Å²) >= 11 is 0. The molecule has 6 heteroatoms. The summed E-state index contributed by atoms with van der Waals surface area (Å²) in [4.78, 5) is 35.0. The predicted octanol–water partition coefficient (Wildman–Crippen LogP) is 2.67. The van der Waals surface area contributed by atoms with E-state index in [0.717, 1.165) is 5.56 Å². The van der Waals surface area contributed by atoms with Gasteiger partial charge in [0.15, 0.2) is 0 Å². The molecule has 0 radical (unpaired) electrons. The van der Waals surface area contributed by atoms with Crippen LogP contribution in [-0.4, -0.2) is 24.9 Å². The van der Waals surface area contributed by atoms with Gasteiger partial charge in [0, 0.05) is 24.7 Å². The number of amides is 2. The van der Waals surface area contributed by atoms with Crippen LogP contribution in [0, 0.1) is 6.92 Å². The molecule has 2 rings (SSSR count). The highest BCUT2D eigenvalue weighted by Gasteiger charge is 2.14. The van der Waals surface area contributed by atoms with Crippen molar-refractivity contribution in [1.29, 1.82) is 0 Å². The molecule has 0 unspecified atom stereocenters. The fourth-order valence-electron chi connectivity index (χ4n) is 2.30. The molecule has 2 aromatic carbocycles. The van der Waals surface area contributed by atoms with Crippen LogP contribution >= 0.6 is 0 Å². The molecule has 0 fully saturated rings. The van der Waals surface area contributed by atoms with Gasteiger partial charge in [-0.05, 0) is 42.3 Å². The molecule has 0 aromatic heterocycles. The molecule has 25 heavy (non-hydrogen) atoms. The van der Waals surface area contributed by atoms with Crippen molar-refractivity contribution in [1.82, 2.24) is 5.32 Å². The number of hydrogen-bond donors (Lipinski definition) is 2. The van der Waals surface area contributed by atoms with E-state index in [1.165, 1.54) is 14.0 Å². The first-order valence-electron chi connectivity index (χ1n) is 7.75. The lowest BCUT2D eigenvalue weighted by atomic mass is 10.1. The Morgan fingerprint density at radius 3 is 2.32 bits per heavy atom. The summed E-state index contributed by atoms with van der Waals surface area (Å²) in [6.07, 6.45) is 0. The first-order valence-corrected chi connectivity index (χ1v) is 7.75. The standard InChI is InChI=1S/C19H20N2O4/c1-12-16(19(24)25-3)5-4-6-17(12)21-18(23)15-9-7-14(8-10-15)11-20-13(2)22/h4-10H,11H2,1-3H3,(H,20,22)(H,21,23). The molecule has 0 saturated heterocycles. The van der Waals surface area contributed by atoms with Gasteiger partial charge in [-0.15, -0.1) is 0 Å². The van der Waals surface area contributed by atoms with Crippen LogP contribution in [0.25, 0.3) is 0 Å². The fourth-order valence-corrected chi connectivity index (χ4v) is 2.30. The van der Waals surface area contributed by atoms with Gasteiger partial charge in [0.2, 0.25) is 5.91 Å². The lowest BCUT2D eigenvalue weighted by molar-refractivity contribution is -0.119. The van der Waals surface area contributed by atoms with Crippen LogP contribution in [0.5, 0.6) is 0 Å². The van der Waals surface area contributed by atoms with Crippen LogP contribution in [-0.2, 0) is 16.1 Å². The molecular formula is C19H20N2O4. The van der Waals surface area contributed by atoms with E-state index in [1.807, 2.05) is 0 Å². The van der Waals surface area contributed by atoms with E-state index >= 15 is 0 Å². The number of hydrogen-bond acceptors (Lipinski definition) is 4. The Morgan fingerprint density at radius 1 is 1.04 bits per heavy atom. The summed E-state index contributed by atoms with van der Waals surface area (Å²) in [5, 5.41) is 5.50. The molecule has 2 amide bonds. The van der Waals surface area contributed by atoms with Gasteiger partial charge in [0.25, 0.3) is 5.91 Å². The third-order valence-electron chi connectivity index (χ3n) is 3.74. The van der Waals surface area contributed by atoms with Crippen LogP contribution in [0.4, 0.5) is 5.69 Å². The second-order valence-electron chi connectivity index (χ2n) is 5.53. The minimum absolute atomic E-state index is 0.109. The van der Waals surface area contributed by atoms with Crippen molar-refractivity contribution in [3.8, 4) is 0 Å². The highest BCUT2D eigenvalue weighted by atomic mass is 16.5. The number of ether oxygens (including phenoxy) is 1. The highest BCUT2D eigenvalue weighted by Crippen LogP contribution is 2.20. The van der Waals surface area contributed by atoms with Gasteiger partial charge in [0.05, 0.1) is 12.7 Å². The van der Waals surface area contributed by atoms with Crippen molar-refractivity contribution in [3.05, 3.63) is 64.7 Å². The van der Waals surface area contributed by atoms with Gasteiger partial charge < -0.3 is 15.4 Å². The van der Waals surface area contributed by atoms with E-state index in [1.54, 1.807) is 49.4 Å². The maximum atomic E-state index is 12.4. The van der Waals surface area contributed by atoms with Crippen LogP contribution < -0.4 is 10.6 Å². The molecule has 6 nitrogen and oxygen atoms in total. The van der Waals surface area contributed by atoms with Crippen molar-refractivity contribution in [3.63, 3.8) is 0 Å². The molecule has 0 aliphatic rings. The molecule has 0 heterocycles. The SMILES string of the molecule is COC(=O)c1cccc(NC(=O)c2ccc(CNC(C)=O)cc2)c1C. The number of rotatable bonds is 5. The molecular weight excluding hydrogens is 320 g/mol. The van der Waals surface area contributed by atoms with Gasteiger partial charge in [-0.3, -0.25) is 9.59 Å². The Kier molecular flexibility index (Phi) is 5.89. The van der Waals surface area contributed by atoms with Gasteiger partial charge in [-0.1, -0.05) is 18.2 Å². The fraction of sp³-hybridized carbons (Fsp3) is 0.211. The van der Waals surface area contributed by atoms with Gasteiger partial charge in [-0.2, -0.15) is 0 Å². The van der Waals surface area contributed by atoms with Gasteiger partial charge in [-0.25, -0.2) is 4.79 Å². The Bertz CT molecular complexity index is 798. The third-order valence-corrected chi connectivity index (χ3v) is 3.74. The van der Waals surface area contributed by atoms with E-state index in [2.05, 4.69) is 10.6 Å². The molecule has 0 aliphatic heterocycles. The Morgan fingerprint density at radius 2 is 1.72 bits per heavy atom. The quantitative estimate of drug-likeness (QED) is 0.820. The number of nitrogens with one attached hydrogen (secondary N) is 2. The zero-order valence-corrected chi connectivity index (χ0v) is 14.4.